The van der Waals surface area contributed by atoms with E-state index >= 15 is 0 Å². The third-order valence-corrected chi connectivity index (χ3v) is 3.89. The second-order valence-corrected chi connectivity index (χ2v) is 5.55. The summed E-state index contributed by atoms with van der Waals surface area (Å²) in [6, 6.07) is 9.12. The molecule has 2 aromatic rings. The van der Waals surface area contributed by atoms with Crippen molar-refractivity contribution >= 4 is 34.6 Å². The van der Waals surface area contributed by atoms with E-state index in [9.17, 15) is 4.79 Å². The molecule has 94 valence electrons. The van der Waals surface area contributed by atoms with Gasteiger partial charge in [-0.25, -0.2) is 4.79 Å². The van der Waals surface area contributed by atoms with Crippen molar-refractivity contribution in [3.05, 3.63) is 50.7 Å². The van der Waals surface area contributed by atoms with Crippen molar-refractivity contribution in [1.29, 1.82) is 0 Å². The van der Waals surface area contributed by atoms with E-state index in [1.807, 2.05) is 31.2 Å². The molecule has 2 N–H and O–H groups in total. The Balaban J connectivity index is 2.06. The molecule has 0 saturated heterocycles. The zero-order chi connectivity index (χ0) is 13.1. The minimum atomic E-state index is -0.874. The molecular weight excluding hydrogens is 270 g/mol. The van der Waals surface area contributed by atoms with E-state index in [2.05, 4.69) is 5.32 Å². The molecular formula is C13H12ClNO2S. The highest BCUT2D eigenvalue weighted by molar-refractivity contribution is 7.14. The van der Waals surface area contributed by atoms with Gasteiger partial charge in [0, 0.05) is 22.1 Å². The largest absolute Gasteiger partial charge is 0.477 e. The van der Waals surface area contributed by atoms with E-state index in [0.717, 1.165) is 16.1 Å². The first-order valence-electron chi connectivity index (χ1n) is 5.38. The lowest BCUT2D eigenvalue weighted by Gasteiger charge is -2.05. The van der Waals surface area contributed by atoms with E-state index in [-0.39, 0.29) is 0 Å². The number of nitrogens with one attached hydrogen (secondary N) is 1. The molecule has 0 atom stereocenters. The average Bonchev–Trinajstić information content (AvgIpc) is 2.70. The molecule has 0 radical (unpaired) electrons. The van der Waals surface area contributed by atoms with Crippen LogP contribution in [0.3, 0.4) is 0 Å². The molecule has 0 spiro atoms. The van der Waals surface area contributed by atoms with Gasteiger partial charge < -0.3 is 10.4 Å². The number of anilines is 1. The highest BCUT2D eigenvalue weighted by Gasteiger charge is 2.10. The number of aryl methyl sites for hydroxylation is 1. The lowest BCUT2D eigenvalue weighted by atomic mass is 10.2. The number of hydrogen-bond donors (Lipinski definition) is 2. The summed E-state index contributed by atoms with van der Waals surface area (Å²) in [6.45, 7) is 2.53. The molecule has 0 fully saturated rings. The van der Waals surface area contributed by atoms with Gasteiger partial charge in [0.05, 0.1) is 0 Å². The van der Waals surface area contributed by atoms with E-state index in [1.54, 1.807) is 6.07 Å². The normalized spacial score (nSPS) is 10.3. The fourth-order valence-electron chi connectivity index (χ4n) is 1.57. The van der Waals surface area contributed by atoms with Crippen LogP contribution in [0.1, 0.15) is 20.1 Å². The number of aromatic carboxylic acids is 1. The summed E-state index contributed by atoms with van der Waals surface area (Å²) in [6.07, 6.45) is 0. The van der Waals surface area contributed by atoms with Crippen LogP contribution in [0.15, 0.2) is 30.3 Å². The fraction of sp³-hybridized carbons (Fsp3) is 0.154. The second kappa shape index (κ2) is 5.42. The number of rotatable bonds is 4. The first-order valence-corrected chi connectivity index (χ1v) is 6.58. The maximum Gasteiger partial charge on any atom is 0.345 e. The number of halogens is 1. The first kappa shape index (κ1) is 12.9. The fourth-order valence-corrected chi connectivity index (χ4v) is 2.57. The highest BCUT2D eigenvalue weighted by atomic mass is 35.5. The van der Waals surface area contributed by atoms with Gasteiger partial charge in [-0.05, 0) is 42.8 Å². The summed E-state index contributed by atoms with van der Waals surface area (Å²) in [5, 5.41) is 12.8. The average molecular weight is 282 g/mol. The zero-order valence-electron chi connectivity index (χ0n) is 9.74. The summed E-state index contributed by atoms with van der Waals surface area (Å²) >= 11 is 7.10. The predicted molar refractivity (Wildman–Crippen MR) is 74.8 cm³/mol. The van der Waals surface area contributed by atoms with Crippen molar-refractivity contribution in [2.75, 3.05) is 5.32 Å². The monoisotopic (exact) mass is 281 g/mol. The van der Waals surface area contributed by atoms with Crippen LogP contribution < -0.4 is 5.32 Å². The van der Waals surface area contributed by atoms with Gasteiger partial charge in [0.15, 0.2) is 0 Å². The molecule has 0 aliphatic rings. The van der Waals surface area contributed by atoms with Gasteiger partial charge >= 0.3 is 5.97 Å². The first-order chi connectivity index (χ1) is 8.56. The van der Waals surface area contributed by atoms with Crippen molar-refractivity contribution < 1.29 is 9.90 Å². The van der Waals surface area contributed by atoms with Crippen molar-refractivity contribution in [3.63, 3.8) is 0 Å². The van der Waals surface area contributed by atoms with Crippen LogP contribution >= 0.6 is 22.9 Å². The van der Waals surface area contributed by atoms with Crippen LogP contribution in [-0.2, 0) is 6.54 Å². The Labute approximate surface area is 114 Å². The molecule has 0 aliphatic heterocycles. The third-order valence-electron chi connectivity index (χ3n) is 2.56. The second-order valence-electron chi connectivity index (χ2n) is 3.86. The van der Waals surface area contributed by atoms with E-state index < -0.39 is 5.97 Å². The Morgan fingerprint density at radius 2 is 2.06 bits per heavy atom. The SMILES string of the molecule is Cc1sc(C(=O)O)cc1CNc1ccc(Cl)cc1. The summed E-state index contributed by atoms with van der Waals surface area (Å²) in [4.78, 5) is 12.3. The Kier molecular flexibility index (Phi) is 3.89. The van der Waals surface area contributed by atoms with Gasteiger partial charge in [-0.2, -0.15) is 0 Å². The quantitative estimate of drug-likeness (QED) is 0.890. The minimum absolute atomic E-state index is 0.375. The Morgan fingerprint density at radius 1 is 1.39 bits per heavy atom. The molecule has 1 aromatic heterocycles. The smallest absolute Gasteiger partial charge is 0.345 e. The molecule has 5 heteroatoms. The topological polar surface area (TPSA) is 49.3 Å². The van der Waals surface area contributed by atoms with Crippen molar-refractivity contribution in [3.8, 4) is 0 Å². The third kappa shape index (κ3) is 3.03. The molecule has 0 saturated carbocycles. The highest BCUT2D eigenvalue weighted by Crippen LogP contribution is 2.23. The molecule has 18 heavy (non-hydrogen) atoms. The molecule has 3 nitrogen and oxygen atoms in total. The molecule has 1 aromatic carbocycles. The number of carbonyl (C=O) groups is 1. The number of carboxylic acid groups (broad SMARTS) is 1. The van der Waals surface area contributed by atoms with E-state index in [4.69, 9.17) is 16.7 Å². The van der Waals surface area contributed by atoms with Gasteiger partial charge in [-0.1, -0.05) is 11.6 Å². The van der Waals surface area contributed by atoms with Gasteiger partial charge in [-0.15, -0.1) is 11.3 Å². The van der Waals surface area contributed by atoms with Crippen molar-refractivity contribution in [2.45, 2.75) is 13.5 Å². The van der Waals surface area contributed by atoms with Gasteiger partial charge in [0.2, 0.25) is 0 Å². The van der Waals surface area contributed by atoms with Crippen LogP contribution in [0.4, 0.5) is 5.69 Å². The molecule has 0 amide bonds. The van der Waals surface area contributed by atoms with E-state index in [0.29, 0.717) is 16.4 Å². The number of benzene rings is 1. The van der Waals surface area contributed by atoms with Gasteiger partial charge in [-0.3, -0.25) is 0 Å². The standard InChI is InChI=1S/C13H12ClNO2S/c1-8-9(6-12(18-8)13(16)17)7-15-11-4-2-10(14)3-5-11/h2-6,15H,7H2,1H3,(H,16,17). The Morgan fingerprint density at radius 3 is 2.61 bits per heavy atom. The molecule has 2 rings (SSSR count). The number of hydrogen-bond acceptors (Lipinski definition) is 3. The van der Waals surface area contributed by atoms with Gasteiger partial charge in [0.1, 0.15) is 4.88 Å². The number of carboxylic acids is 1. The summed E-state index contributed by atoms with van der Waals surface area (Å²) in [5.41, 5.74) is 1.97. The van der Waals surface area contributed by atoms with Crippen LogP contribution in [0.2, 0.25) is 5.02 Å². The maximum absolute atomic E-state index is 10.9. The molecule has 0 aliphatic carbocycles. The lowest BCUT2D eigenvalue weighted by Crippen LogP contribution is -1.99. The van der Waals surface area contributed by atoms with Crippen LogP contribution in [0.5, 0.6) is 0 Å². The zero-order valence-corrected chi connectivity index (χ0v) is 11.3. The van der Waals surface area contributed by atoms with Crippen molar-refractivity contribution in [2.24, 2.45) is 0 Å². The molecule has 1 heterocycles. The minimum Gasteiger partial charge on any atom is -0.477 e. The number of thiophene rings is 1. The summed E-state index contributed by atoms with van der Waals surface area (Å²) in [5.74, 6) is -0.874. The Bertz CT molecular complexity index is 563. The van der Waals surface area contributed by atoms with Gasteiger partial charge in [0.25, 0.3) is 0 Å². The van der Waals surface area contributed by atoms with Crippen molar-refractivity contribution in [1.82, 2.24) is 0 Å². The summed E-state index contributed by atoms with van der Waals surface area (Å²) < 4.78 is 0. The predicted octanol–water partition coefficient (Wildman–Crippen LogP) is 4.02. The molecule has 0 unspecified atom stereocenters. The maximum atomic E-state index is 10.9. The summed E-state index contributed by atoms with van der Waals surface area (Å²) in [7, 11) is 0. The van der Waals surface area contributed by atoms with Crippen LogP contribution in [0, 0.1) is 6.92 Å². The Hall–Kier alpha value is -1.52. The lowest BCUT2D eigenvalue weighted by molar-refractivity contribution is 0.0702. The van der Waals surface area contributed by atoms with Crippen LogP contribution in [-0.4, -0.2) is 11.1 Å². The van der Waals surface area contributed by atoms with Crippen LogP contribution in [0.25, 0.3) is 0 Å². The van der Waals surface area contributed by atoms with E-state index in [1.165, 1.54) is 11.3 Å². The molecule has 0 bridgehead atoms.